The molecule has 0 amide bonds. The van der Waals surface area contributed by atoms with Gasteiger partial charge in [0.2, 0.25) is 0 Å². The zero-order chi connectivity index (χ0) is 16.9. The lowest BCUT2D eigenvalue weighted by Crippen LogP contribution is -2.25. The largest absolute Gasteiger partial charge is 0.492 e. The van der Waals surface area contributed by atoms with Gasteiger partial charge in [0.25, 0.3) is 0 Å². The number of thiazole rings is 1. The van der Waals surface area contributed by atoms with Gasteiger partial charge in [0, 0.05) is 12.1 Å². The summed E-state index contributed by atoms with van der Waals surface area (Å²) in [6.07, 6.45) is 3.18. The molecular formula is C18H22N2O3S. The van der Waals surface area contributed by atoms with E-state index in [4.69, 9.17) is 4.74 Å². The number of carboxylic acids is 1. The van der Waals surface area contributed by atoms with Gasteiger partial charge in [0.1, 0.15) is 22.2 Å². The number of aryl methyl sites for hydroxylation is 1. The van der Waals surface area contributed by atoms with E-state index in [1.165, 1.54) is 37.3 Å². The molecule has 1 aromatic carbocycles. The van der Waals surface area contributed by atoms with E-state index in [-0.39, 0.29) is 0 Å². The van der Waals surface area contributed by atoms with Crippen molar-refractivity contribution in [2.24, 2.45) is 0 Å². The lowest BCUT2D eigenvalue weighted by molar-refractivity contribution is 0.0701. The summed E-state index contributed by atoms with van der Waals surface area (Å²) in [7, 11) is 0. The molecule has 1 N–H and O–H groups in total. The molecular weight excluding hydrogens is 324 g/mol. The van der Waals surface area contributed by atoms with Crippen molar-refractivity contribution in [3.63, 3.8) is 0 Å². The molecule has 0 radical (unpaired) electrons. The zero-order valence-corrected chi connectivity index (χ0v) is 14.6. The number of ether oxygens (including phenoxy) is 1. The minimum absolute atomic E-state index is 0.327. The number of aromatic carboxylic acids is 1. The van der Waals surface area contributed by atoms with E-state index < -0.39 is 5.97 Å². The number of carbonyl (C=O) groups is 1. The number of nitrogens with zero attached hydrogens (tertiary/aromatic N) is 2. The fourth-order valence-corrected chi connectivity index (χ4v) is 3.89. The molecule has 1 fully saturated rings. The van der Waals surface area contributed by atoms with E-state index in [0.29, 0.717) is 23.6 Å². The Bertz CT molecular complexity index is 708. The highest BCUT2D eigenvalue weighted by atomic mass is 32.1. The Balaban J connectivity index is 1.69. The van der Waals surface area contributed by atoms with Gasteiger partial charge in [-0.2, -0.15) is 0 Å². The second-order valence-electron chi connectivity index (χ2n) is 5.88. The van der Waals surface area contributed by atoms with Crippen LogP contribution in [0.5, 0.6) is 5.75 Å². The SMILES string of the molecule is CCc1nc(-c2cccc(OCCN3CCCC3)c2)sc1C(=O)O. The van der Waals surface area contributed by atoms with Gasteiger partial charge in [-0.15, -0.1) is 11.3 Å². The van der Waals surface area contributed by atoms with Crippen molar-refractivity contribution in [1.29, 1.82) is 0 Å². The van der Waals surface area contributed by atoms with Gasteiger partial charge in [-0.1, -0.05) is 19.1 Å². The van der Waals surface area contributed by atoms with E-state index >= 15 is 0 Å². The van der Waals surface area contributed by atoms with Crippen LogP contribution in [0.1, 0.15) is 35.1 Å². The van der Waals surface area contributed by atoms with E-state index in [0.717, 1.165) is 22.9 Å². The number of benzene rings is 1. The van der Waals surface area contributed by atoms with Crippen LogP contribution in [0.2, 0.25) is 0 Å². The van der Waals surface area contributed by atoms with E-state index in [9.17, 15) is 9.90 Å². The van der Waals surface area contributed by atoms with E-state index in [2.05, 4.69) is 9.88 Å². The second-order valence-corrected chi connectivity index (χ2v) is 6.88. The molecule has 1 aliphatic rings. The van der Waals surface area contributed by atoms with Crippen LogP contribution in [0.25, 0.3) is 10.6 Å². The zero-order valence-electron chi connectivity index (χ0n) is 13.8. The predicted molar refractivity (Wildman–Crippen MR) is 95.1 cm³/mol. The maximum absolute atomic E-state index is 11.3. The minimum Gasteiger partial charge on any atom is -0.492 e. The first kappa shape index (κ1) is 16.9. The minimum atomic E-state index is -0.909. The van der Waals surface area contributed by atoms with Gasteiger partial charge in [-0.05, 0) is 44.5 Å². The van der Waals surface area contributed by atoms with Gasteiger partial charge in [-0.25, -0.2) is 9.78 Å². The van der Waals surface area contributed by atoms with Crippen LogP contribution in [0, 0.1) is 0 Å². The Morgan fingerprint density at radius 3 is 2.83 bits per heavy atom. The Kier molecular flexibility index (Phi) is 5.48. The molecule has 2 aromatic rings. The molecule has 1 aliphatic heterocycles. The molecule has 24 heavy (non-hydrogen) atoms. The van der Waals surface area contributed by atoms with Crippen molar-refractivity contribution in [3.05, 3.63) is 34.8 Å². The number of hydrogen-bond acceptors (Lipinski definition) is 5. The normalized spacial score (nSPS) is 14.9. The maximum Gasteiger partial charge on any atom is 0.347 e. The molecule has 0 saturated carbocycles. The molecule has 0 atom stereocenters. The molecule has 6 heteroatoms. The lowest BCUT2D eigenvalue weighted by atomic mass is 10.2. The van der Waals surface area contributed by atoms with Crippen molar-refractivity contribution in [2.75, 3.05) is 26.2 Å². The highest BCUT2D eigenvalue weighted by Crippen LogP contribution is 2.30. The monoisotopic (exact) mass is 346 g/mol. The molecule has 1 aromatic heterocycles. The second kappa shape index (κ2) is 7.77. The quantitative estimate of drug-likeness (QED) is 0.831. The van der Waals surface area contributed by atoms with Crippen molar-refractivity contribution < 1.29 is 14.6 Å². The Morgan fingerprint density at radius 1 is 1.38 bits per heavy atom. The fourth-order valence-electron chi connectivity index (χ4n) is 2.90. The number of rotatable bonds is 7. The van der Waals surface area contributed by atoms with Gasteiger partial charge in [0.15, 0.2) is 0 Å². The van der Waals surface area contributed by atoms with Gasteiger partial charge in [-0.3, -0.25) is 4.90 Å². The summed E-state index contributed by atoms with van der Waals surface area (Å²) in [5.74, 6) is -0.106. The lowest BCUT2D eigenvalue weighted by Gasteiger charge is -2.15. The summed E-state index contributed by atoms with van der Waals surface area (Å²) in [4.78, 5) is 18.5. The van der Waals surface area contributed by atoms with Crippen molar-refractivity contribution >= 4 is 17.3 Å². The van der Waals surface area contributed by atoms with Gasteiger partial charge >= 0.3 is 5.97 Å². The number of aromatic nitrogens is 1. The first-order chi connectivity index (χ1) is 11.7. The molecule has 5 nitrogen and oxygen atoms in total. The van der Waals surface area contributed by atoms with Crippen molar-refractivity contribution in [3.8, 4) is 16.3 Å². The maximum atomic E-state index is 11.3. The highest BCUT2D eigenvalue weighted by Gasteiger charge is 2.17. The van der Waals surface area contributed by atoms with Gasteiger partial charge < -0.3 is 9.84 Å². The first-order valence-corrected chi connectivity index (χ1v) is 9.17. The molecule has 0 unspecified atom stereocenters. The third kappa shape index (κ3) is 3.94. The summed E-state index contributed by atoms with van der Waals surface area (Å²) in [5.41, 5.74) is 1.55. The molecule has 0 bridgehead atoms. The predicted octanol–water partition coefficient (Wildman–Crippen LogP) is 3.55. The fraction of sp³-hybridized carbons (Fsp3) is 0.444. The Hall–Kier alpha value is -1.92. The summed E-state index contributed by atoms with van der Waals surface area (Å²) < 4.78 is 5.86. The molecule has 2 heterocycles. The van der Waals surface area contributed by atoms with Crippen LogP contribution >= 0.6 is 11.3 Å². The number of hydrogen-bond donors (Lipinski definition) is 1. The van der Waals surface area contributed by atoms with Crippen LogP contribution < -0.4 is 4.74 Å². The van der Waals surface area contributed by atoms with Gasteiger partial charge in [0.05, 0.1) is 5.69 Å². The molecule has 0 aliphatic carbocycles. The average Bonchev–Trinajstić information content (AvgIpc) is 3.24. The van der Waals surface area contributed by atoms with Crippen LogP contribution in [0.15, 0.2) is 24.3 Å². The highest BCUT2D eigenvalue weighted by molar-refractivity contribution is 7.17. The topological polar surface area (TPSA) is 62.7 Å². The van der Waals surface area contributed by atoms with Crippen LogP contribution in [0.4, 0.5) is 0 Å². The first-order valence-electron chi connectivity index (χ1n) is 8.36. The van der Waals surface area contributed by atoms with Crippen molar-refractivity contribution in [2.45, 2.75) is 26.2 Å². The number of carboxylic acid groups (broad SMARTS) is 1. The number of likely N-dealkylation sites (tertiary alicyclic amines) is 1. The summed E-state index contributed by atoms with van der Waals surface area (Å²) in [6, 6.07) is 7.74. The summed E-state index contributed by atoms with van der Waals surface area (Å²) >= 11 is 1.22. The molecule has 128 valence electrons. The van der Waals surface area contributed by atoms with Crippen LogP contribution in [-0.2, 0) is 6.42 Å². The van der Waals surface area contributed by atoms with Crippen molar-refractivity contribution in [1.82, 2.24) is 9.88 Å². The Morgan fingerprint density at radius 2 is 2.17 bits per heavy atom. The average molecular weight is 346 g/mol. The standard InChI is InChI=1S/C18H22N2O3S/c1-2-15-16(18(21)22)24-17(19-15)13-6-5-7-14(12-13)23-11-10-20-8-3-4-9-20/h5-7,12H,2-4,8-11H2,1H3,(H,21,22). The molecule has 0 spiro atoms. The van der Waals surface area contributed by atoms with E-state index in [1.807, 2.05) is 31.2 Å². The third-order valence-corrected chi connectivity index (χ3v) is 5.32. The molecule has 1 saturated heterocycles. The van der Waals surface area contributed by atoms with Crippen LogP contribution in [-0.4, -0.2) is 47.2 Å². The summed E-state index contributed by atoms with van der Waals surface area (Å²) in [5, 5.41) is 10.0. The van der Waals surface area contributed by atoms with Crippen LogP contribution in [0.3, 0.4) is 0 Å². The smallest absolute Gasteiger partial charge is 0.347 e. The third-order valence-electron chi connectivity index (χ3n) is 4.18. The molecule has 3 rings (SSSR count). The Labute approximate surface area is 145 Å². The summed E-state index contributed by atoms with van der Waals surface area (Å²) in [6.45, 7) is 5.87. The van der Waals surface area contributed by atoms with E-state index in [1.54, 1.807) is 0 Å².